The summed E-state index contributed by atoms with van der Waals surface area (Å²) in [5, 5.41) is 26.8. The maximum atomic E-state index is 12.6. The Labute approximate surface area is 186 Å². The minimum atomic E-state index is -0.537. The van der Waals surface area contributed by atoms with Crippen molar-refractivity contribution in [1.29, 1.82) is 0 Å². The summed E-state index contributed by atoms with van der Waals surface area (Å²) >= 11 is 0. The number of anilines is 1. The van der Waals surface area contributed by atoms with E-state index in [1.165, 1.54) is 24.3 Å². The van der Waals surface area contributed by atoms with E-state index in [1.54, 1.807) is 35.1 Å². The summed E-state index contributed by atoms with van der Waals surface area (Å²) in [4.78, 5) is 27.1. The van der Waals surface area contributed by atoms with Gasteiger partial charge in [-0.05, 0) is 42.5 Å². The van der Waals surface area contributed by atoms with Gasteiger partial charge in [0.15, 0.2) is 11.5 Å². The van der Waals surface area contributed by atoms with Gasteiger partial charge in [-0.2, -0.15) is 9.61 Å². The third kappa shape index (κ3) is 4.00. The van der Waals surface area contributed by atoms with E-state index in [0.29, 0.717) is 22.9 Å². The summed E-state index contributed by atoms with van der Waals surface area (Å²) in [6.07, 6.45) is 3.35. The van der Waals surface area contributed by atoms with E-state index < -0.39 is 10.8 Å². The van der Waals surface area contributed by atoms with Gasteiger partial charge in [-0.1, -0.05) is 18.2 Å². The van der Waals surface area contributed by atoms with Crippen LogP contribution in [0, 0.1) is 10.1 Å². The Morgan fingerprint density at radius 3 is 2.55 bits per heavy atom. The van der Waals surface area contributed by atoms with E-state index in [4.69, 9.17) is 0 Å². The van der Waals surface area contributed by atoms with Gasteiger partial charge in [0.2, 0.25) is 0 Å². The zero-order valence-electron chi connectivity index (χ0n) is 17.0. The van der Waals surface area contributed by atoms with Gasteiger partial charge in [-0.3, -0.25) is 19.9 Å². The lowest BCUT2D eigenvalue weighted by molar-refractivity contribution is -0.384. The number of rotatable bonds is 5. The SMILES string of the molecule is O=C(Nc1cccc(-c2ccc3nnc(-c4ccncc4)n3n2)c1)c1cccc([N+](=O)[O-])c1. The smallest absolute Gasteiger partial charge is 0.270 e. The molecule has 5 rings (SSSR count). The standard InChI is InChI=1S/C23H15N7O3/c31-23(17-4-2-6-19(14-17)30(32)33)25-18-5-1-3-16(13-18)20-7-8-21-26-27-22(29(21)28-20)15-9-11-24-12-10-15/h1-14H,(H,25,31). The van der Waals surface area contributed by atoms with Crippen LogP contribution in [0.25, 0.3) is 28.3 Å². The average molecular weight is 437 g/mol. The van der Waals surface area contributed by atoms with E-state index in [1.807, 2.05) is 30.3 Å². The number of nitro groups is 1. The van der Waals surface area contributed by atoms with Gasteiger partial charge in [0.05, 0.1) is 10.6 Å². The van der Waals surface area contributed by atoms with Crippen LogP contribution >= 0.6 is 0 Å². The number of amides is 1. The number of benzene rings is 2. The van der Waals surface area contributed by atoms with Gasteiger partial charge >= 0.3 is 0 Å². The number of nitro benzene ring substituents is 1. The lowest BCUT2D eigenvalue weighted by Gasteiger charge is -2.08. The predicted molar refractivity (Wildman–Crippen MR) is 120 cm³/mol. The molecule has 0 saturated carbocycles. The fourth-order valence-electron chi connectivity index (χ4n) is 3.34. The molecular weight excluding hydrogens is 422 g/mol. The summed E-state index contributed by atoms with van der Waals surface area (Å²) in [5.41, 5.74) is 3.44. The largest absolute Gasteiger partial charge is 0.322 e. The fourth-order valence-corrected chi connectivity index (χ4v) is 3.34. The first-order chi connectivity index (χ1) is 16.1. The lowest BCUT2D eigenvalue weighted by atomic mass is 10.1. The summed E-state index contributed by atoms with van der Waals surface area (Å²) in [7, 11) is 0. The Bertz CT molecular complexity index is 1500. The molecule has 10 nitrogen and oxygen atoms in total. The lowest BCUT2D eigenvalue weighted by Crippen LogP contribution is -2.12. The third-order valence-electron chi connectivity index (χ3n) is 4.94. The van der Waals surface area contributed by atoms with E-state index in [0.717, 1.165) is 11.1 Å². The van der Waals surface area contributed by atoms with Crippen molar-refractivity contribution < 1.29 is 9.72 Å². The molecule has 0 atom stereocenters. The second-order valence-corrected chi connectivity index (χ2v) is 7.09. The molecule has 1 N–H and O–H groups in total. The van der Waals surface area contributed by atoms with Crippen molar-refractivity contribution in [2.24, 2.45) is 0 Å². The van der Waals surface area contributed by atoms with E-state index >= 15 is 0 Å². The minimum Gasteiger partial charge on any atom is -0.322 e. The number of aromatic nitrogens is 5. The molecule has 33 heavy (non-hydrogen) atoms. The highest BCUT2D eigenvalue weighted by Gasteiger charge is 2.13. The fraction of sp³-hybridized carbons (Fsp3) is 0. The highest BCUT2D eigenvalue weighted by Crippen LogP contribution is 2.24. The first kappa shape index (κ1) is 19.9. The van der Waals surface area contributed by atoms with Crippen LogP contribution in [0.4, 0.5) is 11.4 Å². The molecule has 0 aliphatic rings. The third-order valence-corrected chi connectivity index (χ3v) is 4.94. The number of nitrogens with one attached hydrogen (secondary N) is 1. The molecule has 0 bridgehead atoms. The van der Waals surface area contributed by atoms with Gasteiger partial charge in [-0.15, -0.1) is 10.2 Å². The Hall–Kier alpha value is -4.99. The molecule has 0 aliphatic heterocycles. The molecule has 0 saturated heterocycles. The summed E-state index contributed by atoms with van der Waals surface area (Å²) in [5.74, 6) is 0.141. The van der Waals surface area contributed by atoms with E-state index in [9.17, 15) is 14.9 Å². The summed E-state index contributed by atoms with van der Waals surface area (Å²) in [6.45, 7) is 0. The molecule has 1 amide bonds. The number of non-ortho nitro benzene ring substituents is 1. The van der Waals surface area contributed by atoms with Gasteiger partial charge in [0.25, 0.3) is 11.6 Å². The molecular formula is C23H15N7O3. The van der Waals surface area contributed by atoms with Crippen molar-refractivity contribution in [3.05, 3.63) is 101 Å². The van der Waals surface area contributed by atoms with Crippen LogP contribution in [0.2, 0.25) is 0 Å². The molecule has 160 valence electrons. The molecule has 10 heteroatoms. The topological polar surface area (TPSA) is 128 Å². The van der Waals surface area contributed by atoms with Gasteiger partial charge in [-0.25, -0.2) is 0 Å². The maximum Gasteiger partial charge on any atom is 0.270 e. The molecule has 3 aromatic heterocycles. The van der Waals surface area contributed by atoms with Crippen molar-refractivity contribution in [1.82, 2.24) is 24.8 Å². The van der Waals surface area contributed by atoms with Crippen molar-refractivity contribution in [2.75, 3.05) is 5.32 Å². The number of nitrogens with zero attached hydrogens (tertiary/aromatic N) is 6. The van der Waals surface area contributed by atoms with Gasteiger partial charge in [0.1, 0.15) is 0 Å². The Morgan fingerprint density at radius 1 is 0.909 bits per heavy atom. The zero-order valence-corrected chi connectivity index (χ0v) is 17.0. The number of hydrogen-bond donors (Lipinski definition) is 1. The van der Waals surface area contributed by atoms with Crippen molar-refractivity contribution >= 4 is 22.9 Å². The Morgan fingerprint density at radius 2 is 1.73 bits per heavy atom. The maximum absolute atomic E-state index is 12.6. The first-order valence-electron chi connectivity index (χ1n) is 9.87. The molecule has 2 aromatic carbocycles. The van der Waals surface area contributed by atoms with Crippen molar-refractivity contribution in [3.8, 4) is 22.6 Å². The molecule has 0 radical (unpaired) electrons. The molecule has 0 fully saturated rings. The van der Waals surface area contributed by atoms with Gasteiger partial charge < -0.3 is 5.32 Å². The summed E-state index contributed by atoms with van der Waals surface area (Å²) in [6, 6.07) is 20.0. The van der Waals surface area contributed by atoms with Crippen LogP contribution < -0.4 is 5.32 Å². The highest BCUT2D eigenvalue weighted by molar-refractivity contribution is 6.04. The predicted octanol–water partition coefficient (Wildman–Crippen LogP) is 4.01. The minimum absolute atomic E-state index is 0.146. The summed E-state index contributed by atoms with van der Waals surface area (Å²) < 4.78 is 1.65. The van der Waals surface area contributed by atoms with Crippen LogP contribution in [-0.2, 0) is 0 Å². The second-order valence-electron chi connectivity index (χ2n) is 7.09. The van der Waals surface area contributed by atoms with E-state index in [2.05, 4.69) is 25.6 Å². The number of carbonyl (C=O) groups excluding carboxylic acids is 1. The van der Waals surface area contributed by atoms with Crippen LogP contribution in [0.5, 0.6) is 0 Å². The van der Waals surface area contributed by atoms with Crippen LogP contribution in [0.1, 0.15) is 10.4 Å². The number of hydrogen-bond acceptors (Lipinski definition) is 7. The quantitative estimate of drug-likeness (QED) is 0.325. The first-order valence-corrected chi connectivity index (χ1v) is 9.87. The van der Waals surface area contributed by atoms with Crippen LogP contribution in [-0.4, -0.2) is 35.6 Å². The molecule has 0 spiro atoms. The highest BCUT2D eigenvalue weighted by atomic mass is 16.6. The van der Waals surface area contributed by atoms with E-state index in [-0.39, 0.29) is 11.3 Å². The molecule has 0 unspecified atom stereocenters. The Balaban J connectivity index is 1.45. The van der Waals surface area contributed by atoms with Crippen LogP contribution in [0.15, 0.2) is 85.2 Å². The monoisotopic (exact) mass is 437 g/mol. The normalized spacial score (nSPS) is 10.8. The van der Waals surface area contributed by atoms with Crippen molar-refractivity contribution in [2.45, 2.75) is 0 Å². The average Bonchev–Trinajstić information content (AvgIpc) is 3.28. The Kier molecular flexibility index (Phi) is 5.00. The second kappa shape index (κ2) is 8.27. The van der Waals surface area contributed by atoms with Crippen LogP contribution in [0.3, 0.4) is 0 Å². The number of carbonyl (C=O) groups is 1. The van der Waals surface area contributed by atoms with Gasteiger partial charge in [0, 0.05) is 46.9 Å². The molecule has 3 heterocycles. The number of pyridine rings is 1. The van der Waals surface area contributed by atoms with Crippen molar-refractivity contribution in [3.63, 3.8) is 0 Å². The molecule has 0 aliphatic carbocycles. The molecule has 5 aromatic rings. The zero-order chi connectivity index (χ0) is 22.8. The number of fused-ring (bicyclic) bond motifs is 1.